The van der Waals surface area contributed by atoms with Crippen molar-refractivity contribution >= 4 is 23.0 Å². The van der Waals surface area contributed by atoms with E-state index in [-0.39, 0.29) is 0 Å². The van der Waals surface area contributed by atoms with Gasteiger partial charge in [-0.2, -0.15) is 0 Å². The second-order valence-electron chi connectivity index (χ2n) is 3.94. The van der Waals surface area contributed by atoms with Crippen molar-refractivity contribution in [3.05, 3.63) is 51.7 Å². The van der Waals surface area contributed by atoms with Crippen LogP contribution in [0, 0.1) is 0 Å². The summed E-state index contributed by atoms with van der Waals surface area (Å²) in [6.45, 7) is 2.65. The van der Waals surface area contributed by atoms with Crippen molar-refractivity contribution in [3.8, 4) is 0 Å². The second-order valence-corrected chi connectivity index (χ2v) is 4.86. The van der Waals surface area contributed by atoms with Crippen molar-refractivity contribution in [1.82, 2.24) is 0 Å². The van der Waals surface area contributed by atoms with Gasteiger partial charge in [0.15, 0.2) is 0 Å². The van der Waals surface area contributed by atoms with Crippen LogP contribution in [0.25, 0.3) is 0 Å². The first-order chi connectivity index (χ1) is 8.72. The Balaban J connectivity index is 2.11. The number of para-hydroxylation sites is 1. The Morgan fingerprint density at radius 2 is 2.06 bits per heavy atom. The molecular formula is C14H15NO2S. The molecule has 18 heavy (non-hydrogen) atoms. The summed E-state index contributed by atoms with van der Waals surface area (Å²) in [6, 6.07) is 9.94. The molecule has 0 amide bonds. The number of nitrogens with one attached hydrogen (secondary N) is 1. The van der Waals surface area contributed by atoms with Crippen molar-refractivity contribution < 1.29 is 9.90 Å². The molecule has 2 N–H and O–H groups in total. The predicted molar refractivity (Wildman–Crippen MR) is 74.4 cm³/mol. The van der Waals surface area contributed by atoms with Crippen LogP contribution in [0.15, 0.2) is 35.7 Å². The summed E-state index contributed by atoms with van der Waals surface area (Å²) >= 11 is 1.26. The summed E-state index contributed by atoms with van der Waals surface area (Å²) in [7, 11) is 0. The molecule has 2 aromatic rings. The Morgan fingerprint density at radius 1 is 1.28 bits per heavy atom. The van der Waals surface area contributed by atoms with E-state index in [1.807, 2.05) is 29.6 Å². The summed E-state index contributed by atoms with van der Waals surface area (Å²) in [5.74, 6) is -0.856. The molecule has 3 nitrogen and oxygen atoms in total. The first-order valence-corrected chi connectivity index (χ1v) is 6.71. The van der Waals surface area contributed by atoms with Crippen LogP contribution >= 0.6 is 11.3 Å². The summed E-state index contributed by atoms with van der Waals surface area (Å²) < 4.78 is 0. The van der Waals surface area contributed by atoms with E-state index in [9.17, 15) is 4.79 Å². The molecule has 0 unspecified atom stereocenters. The molecule has 0 aliphatic carbocycles. The number of aromatic carboxylic acids is 1. The van der Waals surface area contributed by atoms with E-state index in [0.717, 1.165) is 17.7 Å². The summed E-state index contributed by atoms with van der Waals surface area (Å²) in [5, 5.41) is 14.2. The van der Waals surface area contributed by atoms with Gasteiger partial charge in [-0.15, -0.1) is 11.3 Å². The zero-order chi connectivity index (χ0) is 13.0. The lowest BCUT2D eigenvalue weighted by molar-refractivity contribution is 0.0701. The number of carboxylic acids is 1. The fourth-order valence-corrected chi connectivity index (χ4v) is 2.61. The van der Waals surface area contributed by atoms with Gasteiger partial charge in [0.2, 0.25) is 0 Å². The molecular weight excluding hydrogens is 246 g/mol. The summed E-state index contributed by atoms with van der Waals surface area (Å²) in [4.78, 5) is 11.4. The molecule has 0 atom stereocenters. The number of anilines is 1. The van der Waals surface area contributed by atoms with Crippen LogP contribution in [0.4, 0.5) is 5.69 Å². The van der Waals surface area contributed by atoms with Crippen molar-refractivity contribution in [2.75, 3.05) is 5.32 Å². The number of hydrogen-bond acceptors (Lipinski definition) is 3. The molecule has 0 aliphatic heterocycles. The lowest BCUT2D eigenvalue weighted by atomic mass is 10.1. The van der Waals surface area contributed by atoms with Crippen LogP contribution in [-0.4, -0.2) is 11.1 Å². The van der Waals surface area contributed by atoms with E-state index in [0.29, 0.717) is 11.4 Å². The zero-order valence-electron chi connectivity index (χ0n) is 10.1. The maximum atomic E-state index is 11.0. The largest absolute Gasteiger partial charge is 0.477 e. The first-order valence-electron chi connectivity index (χ1n) is 5.83. The number of hydrogen-bond donors (Lipinski definition) is 2. The monoisotopic (exact) mass is 261 g/mol. The predicted octanol–water partition coefficient (Wildman–Crippen LogP) is 3.62. The molecule has 0 radical (unpaired) electrons. The van der Waals surface area contributed by atoms with Gasteiger partial charge in [-0.25, -0.2) is 4.79 Å². The standard InChI is InChI=1S/C14H15NO2S/c1-2-10-5-3-4-6-12(10)15-9-11-7-8-18-13(11)14(16)17/h3-8,15H,2,9H2,1H3,(H,16,17). The second kappa shape index (κ2) is 5.69. The van der Waals surface area contributed by atoms with Crippen molar-refractivity contribution in [3.63, 3.8) is 0 Å². The van der Waals surface area contributed by atoms with Gasteiger partial charge in [-0.05, 0) is 35.1 Å². The molecule has 1 aromatic carbocycles. The van der Waals surface area contributed by atoms with Crippen LogP contribution in [0.3, 0.4) is 0 Å². The lowest BCUT2D eigenvalue weighted by Crippen LogP contribution is -2.05. The summed E-state index contributed by atoms with van der Waals surface area (Å²) in [6.07, 6.45) is 0.957. The minimum atomic E-state index is -0.856. The topological polar surface area (TPSA) is 49.3 Å². The number of rotatable bonds is 5. The van der Waals surface area contributed by atoms with Gasteiger partial charge < -0.3 is 10.4 Å². The van der Waals surface area contributed by atoms with Gasteiger partial charge in [-0.3, -0.25) is 0 Å². The van der Waals surface area contributed by atoms with Crippen LogP contribution in [0.5, 0.6) is 0 Å². The van der Waals surface area contributed by atoms with Crippen molar-refractivity contribution in [2.45, 2.75) is 19.9 Å². The van der Waals surface area contributed by atoms with E-state index >= 15 is 0 Å². The fraction of sp³-hybridized carbons (Fsp3) is 0.214. The van der Waals surface area contributed by atoms with Crippen LogP contribution in [0.1, 0.15) is 27.7 Å². The minimum Gasteiger partial charge on any atom is -0.477 e. The zero-order valence-corrected chi connectivity index (χ0v) is 11.0. The highest BCUT2D eigenvalue weighted by atomic mass is 32.1. The van der Waals surface area contributed by atoms with Gasteiger partial charge in [0.25, 0.3) is 0 Å². The molecule has 0 fully saturated rings. The van der Waals surface area contributed by atoms with E-state index in [1.54, 1.807) is 0 Å². The molecule has 0 saturated heterocycles. The number of aryl methyl sites for hydroxylation is 1. The minimum absolute atomic E-state index is 0.413. The molecule has 0 spiro atoms. The third kappa shape index (κ3) is 2.71. The number of carboxylic acid groups (broad SMARTS) is 1. The van der Waals surface area contributed by atoms with E-state index < -0.39 is 5.97 Å². The maximum absolute atomic E-state index is 11.0. The average molecular weight is 261 g/mol. The van der Waals surface area contributed by atoms with E-state index in [4.69, 9.17) is 5.11 Å². The molecule has 0 aliphatic rings. The molecule has 94 valence electrons. The molecule has 0 bridgehead atoms. The highest BCUT2D eigenvalue weighted by Crippen LogP contribution is 2.20. The van der Waals surface area contributed by atoms with Gasteiger partial charge in [0, 0.05) is 12.2 Å². The Morgan fingerprint density at radius 3 is 2.78 bits per heavy atom. The van der Waals surface area contributed by atoms with Crippen LogP contribution < -0.4 is 5.32 Å². The number of benzene rings is 1. The Hall–Kier alpha value is -1.81. The number of carbonyl (C=O) groups is 1. The summed E-state index contributed by atoms with van der Waals surface area (Å²) in [5.41, 5.74) is 3.14. The molecule has 4 heteroatoms. The van der Waals surface area contributed by atoms with Crippen molar-refractivity contribution in [1.29, 1.82) is 0 Å². The lowest BCUT2D eigenvalue weighted by Gasteiger charge is -2.10. The van der Waals surface area contributed by atoms with Crippen LogP contribution in [0.2, 0.25) is 0 Å². The fourth-order valence-electron chi connectivity index (χ4n) is 1.85. The van der Waals surface area contributed by atoms with Gasteiger partial charge >= 0.3 is 5.97 Å². The van der Waals surface area contributed by atoms with E-state index in [2.05, 4.69) is 18.3 Å². The maximum Gasteiger partial charge on any atom is 0.346 e. The van der Waals surface area contributed by atoms with Crippen LogP contribution in [-0.2, 0) is 13.0 Å². The molecule has 1 heterocycles. The highest BCUT2D eigenvalue weighted by molar-refractivity contribution is 7.12. The number of thiophene rings is 1. The third-order valence-corrected chi connectivity index (χ3v) is 3.75. The average Bonchev–Trinajstić information content (AvgIpc) is 2.85. The smallest absolute Gasteiger partial charge is 0.346 e. The third-order valence-electron chi connectivity index (χ3n) is 2.81. The quantitative estimate of drug-likeness (QED) is 0.864. The normalized spacial score (nSPS) is 10.3. The Labute approximate surface area is 110 Å². The SMILES string of the molecule is CCc1ccccc1NCc1ccsc1C(=O)O. The molecule has 2 rings (SSSR count). The van der Waals surface area contributed by atoms with Gasteiger partial charge in [0.1, 0.15) is 4.88 Å². The first kappa shape index (κ1) is 12.6. The molecule has 0 saturated carbocycles. The Kier molecular flexibility index (Phi) is 3.99. The van der Waals surface area contributed by atoms with Gasteiger partial charge in [0.05, 0.1) is 0 Å². The van der Waals surface area contributed by atoms with Crippen molar-refractivity contribution in [2.24, 2.45) is 0 Å². The Bertz CT molecular complexity index is 548. The molecule has 1 aromatic heterocycles. The van der Waals surface area contributed by atoms with E-state index in [1.165, 1.54) is 16.9 Å². The highest BCUT2D eigenvalue weighted by Gasteiger charge is 2.11. The van der Waals surface area contributed by atoms with Gasteiger partial charge in [-0.1, -0.05) is 25.1 Å².